The van der Waals surface area contributed by atoms with Gasteiger partial charge in [-0.2, -0.15) is 0 Å². The number of oxime groups is 1. The number of rotatable bonds is 1. The summed E-state index contributed by atoms with van der Waals surface area (Å²) in [5.41, 5.74) is 0.816. The summed E-state index contributed by atoms with van der Waals surface area (Å²) in [5.74, 6) is 6.71. The van der Waals surface area contributed by atoms with E-state index in [-0.39, 0.29) is 12.4 Å². The van der Waals surface area contributed by atoms with Crippen LogP contribution in [0.3, 0.4) is 0 Å². The zero-order chi connectivity index (χ0) is 11.2. The zero-order valence-corrected chi connectivity index (χ0v) is 9.52. The molecule has 4 nitrogen and oxygen atoms in total. The Balaban J connectivity index is 0.00000144. The molecule has 17 heavy (non-hydrogen) atoms. The third kappa shape index (κ3) is 3.67. The summed E-state index contributed by atoms with van der Waals surface area (Å²) in [6.45, 7) is 0. The first-order valence-corrected chi connectivity index (χ1v) is 4.58. The lowest BCUT2D eigenvalue weighted by atomic mass is 10.3. The van der Waals surface area contributed by atoms with Crippen molar-refractivity contribution in [3.05, 3.63) is 53.7 Å². The van der Waals surface area contributed by atoms with Crippen LogP contribution in [0.1, 0.15) is 17.1 Å². The summed E-state index contributed by atoms with van der Waals surface area (Å²) in [5, 5.41) is 11.2. The molecular formula is C12H9ClN2O2. The van der Waals surface area contributed by atoms with Gasteiger partial charge in [-0.15, -0.1) is 12.4 Å². The molecule has 0 amide bonds. The molecule has 2 heterocycles. The summed E-state index contributed by atoms with van der Waals surface area (Å²) < 4.78 is 5.24. The Bertz CT molecular complexity index is 553. The Hall–Kier alpha value is -2.25. The highest BCUT2D eigenvalue weighted by molar-refractivity contribution is 5.85. The Labute approximate surface area is 104 Å². The normalized spacial score (nSPS) is 9.41. The van der Waals surface area contributed by atoms with Crippen LogP contribution in [0.2, 0.25) is 0 Å². The third-order valence-corrected chi connectivity index (χ3v) is 1.80. The van der Waals surface area contributed by atoms with Crippen molar-refractivity contribution in [2.45, 2.75) is 0 Å². The van der Waals surface area contributed by atoms with Crippen LogP contribution in [0.4, 0.5) is 0 Å². The van der Waals surface area contributed by atoms with Crippen LogP contribution in [-0.2, 0) is 0 Å². The molecule has 0 radical (unpaired) electrons. The predicted molar refractivity (Wildman–Crippen MR) is 65.6 cm³/mol. The average molecular weight is 249 g/mol. The summed E-state index contributed by atoms with van der Waals surface area (Å²) in [7, 11) is 0. The molecule has 0 saturated heterocycles. The number of halogens is 1. The Kier molecular flexibility index (Phi) is 4.79. The predicted octanol–water partition coefficient (Wildman–Crippen LogP) is 2.30. The monoisotopic (exact) mass is 248 g/mol. The Morgan fingerprint density at radius 1 is 1.29 bits per heavy atom. The molecule has 0 aliphatic carbocycles. The number of aromatic nitrogens is 1. The van der Waals surface area contributed by atoms with Gasteiger partial charge in [-0.3, -0.25) is 4.98 Å². The van der Waals surface area contributed by atoms with Crippen molar-refractivity contribution in [2.75, 3.05) is 0 Å². The number of furan rings is 1. The zero-order valence-electron chi connectivity index (χ0n) is 8.70. The molecular weight excluding hydrogens is 240 g/mol. The quantitative estimate of drug-likeness (QED) is 0.365. The van der Waals surface area contributed by atoms with Gasteiger partial charge in [0.25, 0.3) is 0 Å². The van der Waals surface area contributed by atoms with E-state index in [9.17, 15) is 0 Å². The van der Waals surface area contributed by atoms with Gasteiger partial charge in [0, 0.05) is 18.0 Å². The van der Waals surface area contributed by atoms with E-state index < -0.39 is 0 Å². The molecule has 0 saturated carbocycles. The van der Waals surface area contributed by atoms with Gasteiger partial charge in [0.2, 0.25) is 0 Å². The van der Waals surface area contributed by atoms with Crippen molar-refractivity contribution >= 4 is 18.6 Å². The van der Waals surface area contributed by atoms with E-state index in [4.69, 9.17) is 9.62 Å². The molecule has 0 bridgehead atoms. The van der Waals surface area contributed by atoms with Crippen LogP contribution in [0.15, 0.2) is 46.2 Å². The van der Waals surface area contributed by atoms with Gasteiger partial charge in [0.05, 0.1) is 0 Å². The highest BCUT2D eigenvalue weighted by atomic mass is 35.5. The molecule has 5 heteroatoms. The molecule has 2 rings (SSSR count). The van der Waals surface area contributed by atoms with Crippen LogP contribution in [0.5, 0.6) is 0 Å². The van der Waals surface area contributed by atoms with Crippen molar-refractivity contribution in [3.63, 3.8) is 0 Å². The summed E-state index contributed by atoms with van der Waals surface area (Å²) >= 11 is 0. The SMILES string of the molecule is Cl.O/N=C\c1ccc(C#Cc2cccnc2)o1. The first-order chi connectivity index (χ1) is 7.88. The lowest BCUT2D eigenvalue weighted by molar-refractivity contribution is 0.320. The largest absolute Gasteiger partial charge is 0.447 e. The van der Waals surface area contributed by atoms with Crippen LogP contribution in [0.25, 0.3) is 0 Å². The number of hydrogen-bond acceptors (Lipinski definition) is 4. The van der Waals surface area contributed by atoms with Gasteiger partial charge in [-0.25, -0.2) is 0 Å². The van der Waals surface area contributed by atoms with E-state index in [0.717, 1.165) is 5.56 Å². The topological polar surface area (TPSA) is 58.6 Å². The maximum absolute atomic E-state index is 8.30. The third-order valence-electron chi connectivity index (χ3n) is 1.80. The molecule has 0 aromatic carbocycles. The molecule has 2 aromatic heterocycles. The lowest BCUT2D eigenvalue weighted by Crippen LogP contribution is -1.75. The summed E-state index contributed by atoms with van der Waals surface area (Å²) in [6.07, 6.45) is 4.56. The van der Waals surface area contributed by atoms with Gasteiger partial charge < -0.3 is 9.62 Å². The average Bonchev–Trinajstić information content (AvgIpc) is 2.76. The van der Waals surface area contributed by atoms with Crippen LogP contribution >= 0.6 is 12.4 Å². The number of pyridine rings is 1. The van der Waals surface area contributed by atoms with Crippen molar-refractivity contribution < 1.29 is 9.62 Å². The van der Waals surface area contributed by atoms with E-state index in [1.54, 1.807) is 24.5 Å². The highest BCUT2D eigenvalue weighted by Gasteiger charge is 1.95. The molecule has 0 aliphatic rings. The van der Waals surface area contributed by atoms with Gasteiger partial charge in [-0.05, 0) is 30.2 Å². The van der Waals surface area contributed by atoms with Gasteiger partial charge >= 0.3 is 0 Å². The van der Waals surface area contributed by atoms with Gasteiger partial charge in [0.15, 0.2) is 5.76 Å². The minimum absolute atomic E-state index is 0. The van der Waals surface area contributed by atoms with E-state index in [0.29, 0.717) is 11.5 Å². The second kappa shape index (κ2) is 6.36. The molecule has 0 fully saturated rings. The first-order valence-electron chi connectivity index (χ1n) is 4.58. The molecule has 86 valence electrons. The standard InChI is InChI=1S/C12H8N2O2.ClH/c15-14-9-12-6-5-11(16-12)4-3-10-2-1-7-13-8-10;/h1-2,5-9,15H;1H/b14-9-;. The second-order valence-electron chi connectivity index (χ2n) is 2.94. The van der Waals surface area contributed by atoms with Crippen molar-refractivity contribution in [1.29, 1.82) is 0 Å². The minimum atomic E-state index is 0. The molecule has 0 spiro atoms. The Morgan fingerprint density at radius 3 is 2.88 bits per heavy atom. The summed E-state index contributed by atoms with van der Waals surface area (Å²) in [4.78, 5) is 3.94. The fourth-order valence-corrected chi connectivity index (χ4v) is 1.12. The van der Waals surface area contributed by atoms with E-state index in [1.807, 2.05) is 12.1 Å². The van der Waals surface area contributed by atoms with Gasteiger partial charge in [-0.1, -0.05) is 11.1 Å². The van der Waals surface area contributed by atoms with Crippen molar-refractivity contribution in [2.24, 2.45) is 5.16 Å². The van der Waals surface area contributed by atoms with E-state index >= 15 is 0 Å². The summed E-state index contributed by atoms with van der Waals surface area (Å²) in [6, 6.07) is 7.06. The van der Waals surface area contributed by atoms with Crippen LogP contribution < -0.4 is 0 Å². The maximum atomic E-state index is 8.30. The van der Waals surface area contributed by atoms with Crippen LogP contribution in [-0.4, -0.2) is 16.4 Å². The molecule has 0 atom stereocenters. The van der Waals surface area contributed by atoms with Crippen LogP contribution in [0, 0.1) is 11.8 Å². The fraction of sp³-hybridized carbons (Fsp3) is 0. The molecule has 2 aromatic rings. The Morgan fingerprint density at radius 2 is 2.18 bits per heavy atom. The minimum Gasteiger partial charge on any atom is -0.447 e. The molecule has 1 N–H and O–H groups in total. The lowest BCUT2D eigenvalue weighted by Gasteiger charge is -1.85. The van der Waals surface area contributed by atoms with E-state index in [1.165, 1.54) is 6.21 Å². The fourth-order valence-electron chi connectivity index (χ4n) is 1.12. The molecule has 0 unspecified atom stereocenters. The highest BCUT2D eigenvalue weighted by Crippen LogP contribution is 2.04. The molecule has 0 aliphatic heterocycles. The smallest absolute Gasteiger partial charge is 0.177 e. The van der Waals surface area contributed by atoms with Gasteiger partial charge in [0.1, 0.15) is 12.0 Å². The van der Waals surface area contributed by atoms with Crippen molar-refractivity contribution in [3.8, 4) is 11.8 Å². The second-order valence-corrected chi connectivity index (χ2v) is 2.94. The number of hydrogen-bond donors (Lipinski definition) is 1. The number of nitrogens with zero attached hydrogens (tertiary/aromatic N) is 2. The first kappa shape index (κ1) is 12.8. The van der Waals surface area contributed by atoms with E-state index in [2.05, 4.69) is 22.0 Å². The maximum Gasteiger partial charge on any atom is 0.177 e. The van der Waals surface area contributed by atoms with Crippen molar-refractivity contribution in [1.82, 2.24) is 4.98 Å².